The molecule has 0 aromatic carbocycles. The molecule has 1 aliphatic rings. The largest absolute Gasteiger partial charge is 0.481 e. The number of carboxylic acids is 1. The third-order valence-corrected chi connectivity index (χ3v) is 3.40. The quantitative estimate of drug-likeness (QED) is 0.750. The Kier molecular flexibility index (Phi) is 3.07. The summed E-state index contributed by atoms with van der Waals surface area (Å²) in [6.07, 6.45) is 0. The first-order chi connectivity index (χ1) is 6.79. The molecular weight excluding hydrogens is 194 g/mol. The number of aliphatic carboxylic acids is 1. The lowest BCUT2D eigenvalue weighted by Crippen LogP contribution is -2.37. The topological polar surface area (TPSA) is 57.6 Å². The Morgan fingerprint density at radius 3 is 2.33 bits per heavy atom. The summed E-state index contributed by atoms with van der Waals surface area (Å²) in [5.74, 6) is -0.813. The standard InChI is InChI=1S/C11H19NO3/c1-7(2)9(13)12-5-8(3)11(4,6-12)10(14)15/h7-8H,5-6H2,1-4H3,(H,14,15)/t8-,11-/m1/s1. The molecule has 4 nitrogen and oxygen atoms in total. The Morgan fingerprint density at radius 2 is 2.00 bits per heavy atom. The Bertz CT molecular complexity index is 288. The maximum Gasteiger partial charge on any atom is 0.311 e. The van der Waals surface area contributed by atoms with Crippen molar-refractivity contribution >= 4 is 11.9 Å². The highest BCUT2D eigenvalue weighted by molar-refractivity contribution is 5.81. The van der Waals surface area contributed by atoms with Crippen molar-refractivity contribution in [1.29, 1.82) is 0 Å². The van der Waals surface area contributed by atoms with Gasteiger partial charge in [-0.3, -0.25) is 9.59 Å². The van der Waals surface area contributed by atoms with Gasteiger partial charge in [-0.25, -0.2) is 0 Å². The van der Waals surface area contributed by atoms with E-state index in [2.05, 4.69) is 0 Å². The van der Waals surface area contributed by atoms with Crippen LogP contribution in [0.15, 0.2) is 0 Å². The summed E-state index contributed by atoms with van der Waals surface area (Å²) in [6.45, 7) is 8.17. The number of carbonyl (C=O) groups excluding carboxylic acids is 1. The van der Waals surface area contributed by atoms with E-state index in [1.807, 2.05) is 20.8 Å². The van der Waals surface area contributed by atoms with Crippen LogP contribution < -0.4 is 0 Å². The molecule has 15 heavy (non-hydrogen) atoms. The van der Waals surface area contributed by atoms with E-state index in [1.165, 1.54) is 0 Å². The summed E-state index contributed by atoms with van der Waals surface area (Å²) in [7, 11) is 0. The molecule has 2 atom stereocenters. The number of hydrogen-bond acceptors (Lipinski definition) is 2. The molecule has 86 valence electrons. The number of hydrogen-bond donors (Lipinski definition) is 1. The monoisotopic (exact) mass is 213 g/mol. The van der Waals surface area contributed by atoms with Crippen molar-refractivity contribution in [2.45, 2.75) is 27.7 Å². The zero-order valence-electron chi connectivity index (χ0n) is 9.78. The molecule has 0 spiro atoms. The molecule has 1 saturated heterocycles. The molecule has 1 N–H and O–H groups in total. The number of likely N-dealkylation sites (tertiary alicyclic amines) is 1. The number of carboxylic acid groups (broad SMARTS) is 1. The second-order valence-electron chi connectivity index (χ2n) is 5.00. The van der Waals surface area contributed by atoms with Crippen molar-refractivity contribution in [1.82, 2.24) is 4.90 Å². The van der Waals surface area contributed by atoms with Gasteiger partial charge < -0.3 is 10.0 Å². The third kappa shape index (κ3) is 1.98. The molecule has 4 heteroatoms. The van der Waals surface area contributed by atoms with Crippen molar-refractivity contribution in [2.75, 3.05) is 13.1 Å². The van der Waals surface area contributed by atoms with Gasteiger partial charge in [0.1, 0.15) is 0 Å². The zero-order valence-corrected chi connectivity index (χ0v) is 9.78. The lowest BCUT2D eigenvalue weighted by molar-refractivity contribution is -0.149. The number of carbonyl (C=O) groups is 2. The van der Waals surface area contributed by atoms with Gasteiger partial charge in [-0.2, -0.15) is 0 Å². The van der Waals surface area contributed by atoms with Crippen molar-refractivity contribution in [2.24, 2.45) is 17.3 Å². The first kappa shape index (κ1) is 12.0. The van der Waals surface area contributed by atoms with Gasteiger partial charge in [0.15, 0.2) is 0 Å². The SMILES string of the molecule is CC(C)C(=O)N1C[C@@H](C)[C@](C)(C(=O)O)C1. The molecule has 0 aromatic heterocycles. The smallest absolute Gasteiger partial charge is 0.311 e. The van der Waals surface area contributed by atoms with Gasteiger partial charge >= 0.3 is 5.97 Å². The molecule has 1 heterocycles. The molecule has 1 rings (SSSR count). The second kappa shape index (κ2) is 3.83. The van der Waals surface area contributed by atoms with Crippen LogP contribution in [0.3, 0.4) is 0 Å². The maximum atomic E-state index is 11.7. The molecular formula is C11H19NO3. The van der Waals surface area contributed by atoms with Gasteiger partial charge in [-0.15, -0.1) is 0 Å². The number of amides is 1. The van der Waals surface area contributed by atoms with Crippen LogP contribution >= 0.6 is 0 Å². The molecule has 0 unspecified atom stereocenters. The lowest BCUT2D eigenvalue weighted by atomic mass is 9.81. The highest BCUT2D eigenvalue weighted by Crippen LogP contribution is 2.36. The molecule has 0 aliphatic carbocycles. The minimum atomic E-state index is -0.811. The van der Waals surface area contributed by atoms with Crippen LogP contribution in [-0.4, -0.2) is 35.0 Å². The lowest BCUT2D eigenvalue weighted by Gasteiger charge is -2.23. The Morgan fingerprint density at radius 1 is 1.47 bits per heavy atom. The predicted octanol–water partition coefficient (Wildman–Crippen LogP) is 1.21. The summed E-state index contributed by atoms with van der Waals surface area (Å²) < 4.78 is 0. The molecule has 1 amide bonds. The van der Waals surface area contributed by atoms with Gasteiger partial charge in [0, 0.05) is 19.0 Å². The average Bonchev–Trinajstić information content (AvgIpc) is 2.43. The minimum absolute atomic E-state index is 0.0118. The van der Waals surface area contributed by atoms with E-state index < -0.39 is 11.4 Å². The van der Waals surface area contributed by atoms with E-state index in [9.17, 15) is 9.59 Å². The van der Waals surface area contributed by atoms with E-state index in [4.69, 9.17) is 5.11 Å². The first-order valence-corrected chi connectivity index (χ1v) is 5.31. The average molecular weight is 213 g/mol. The highest BCUT2D eigenvalue weighted by atomic mass is 16.4. The van der Waals surface area contributed by atoms with Gasteiger partial charge in [0.25, 0.3) is 0 Å². The van der Waals surface area contributed by atoms with E-state index >= 15 is 0 Å². The number of rotatable bonds is 2. The highest BCUT2D eigenvalue weighted by Gasteiger charge is 2.47. The fraction of sp³-hybridized carbons (Fsp3) is 0.818. The summed E-state index contributed by atoms with van der Waals surface area (Å²) in [5, 5.41) is 9.14. The molecule has 1 fully saturated rings. The van der Waals surface area contributed by atoms with Crippen LogP contribution in [0.2, 0.25) is 0 Å². The predicted molar refractivity (Wildman–Crippen MR) is 56.3 cm³/mol. The zero-order chi connectivity index (χ0) is 11.8. The molecule has 0 aromatic rings. The third-order valence-electron chi connectivity index (χ3n) is 3.40. The fourth-order valence-electron chi connectivity index (χ4n) is 1.96. The number of nitrogens with zero attached hydrogens (tertiary/aromatic N) is 1. The summed E-state index contributed by atoms with van der Waals surface area (Å²) in [5.41, 5.74) is -0.787. The maximum absolute atomic E-state index is 11.7. The van der Waals surface area contributed by atoms with Crippen LogP contribution in [0, 0.1) is 17.3 Å². The van der Waals surface area contributed by atoms with E-state index in [-0.39, 0.29) is 17.7 Å². The van der Waals surface area contributed by atoms with Gasteiger partial charge in [-0.05, 0) is 12.8 Å². The van der Waals surface area contributed by atoms with Crippen LogP contribution in [0.1, 0.15) is 27.7 Å². The Labute approximate surface area is 90.3 Å². The van der Waals surface area contributed by atoms with Crippen molar-refractivity contribution in [3.63, 3.8) is 0 Å². The van der Waals surface area contributed by atoms with Gasteiger partial charge in [0.05, 0.1) is 5.41 Å². The van der Waals surface area contributed by atoms with Crippen LogP contribution in [0.25, 0.3) is 0 Å². The van der Waals surface area contributed by atoms with Crippen molar-refractivity contribution in [3.8, 4) is 0 Å². The van der Waals surface area contributed by atoms with E-state index in [0.29, 0.717) is 13.1 Å². The minimum Gasteiger partial charge on any atom is -0.481 e. The van der Waals surface area contributed by atoms with Crippen LogP contribution in [0.4, 0.5) is 0 Å². The normalized spacial score (nSPS) is 31.0. The van der Waals surface area contributed by atoms with Crippen molar-refractivity contribution in [3.05, 3.63) is 0 Å². The second-order valence-corrected chi connectivity index (χ2v) is 5.00. The van der Waals surface area contributed by atoms with Crippen LogP contribution in [0.5, 0.6) is 0 Å². The summed E-state index contributed by atoms with van der Waals surface area (Å²) in [6, 6.07) is 0. The van der Waals surface area contributed by atoms with Gasteiger partial charge in [0.2, 0.25) is 5.91 Å². The van der Waals surface area contributed by atoms with E-state index in [1.54, 1.807) is 11.8 Å². The molecule has 1 aliphatic heterocycles. The van der Waals surface area contributed by atoms with Crippen molar-refractivity contribution < 1.29 is 14.7 Å². The summed E-state index contributed by atoms with van der Waals surface area (Å²) in [4.78, 5) is 24.5. The van der Waals surface area contributed by atoms with E-state index in [0.717, 1.165) is 0 Å². The Balaban J connectivity index is 2.80. The molecule has 0 saturated carbocycles. The summed E-state index contributed by atoms with van der Waals surface area (Å²) >= 11 is 0. The first-order valence-electron chi connectivity index (χ1n) is 5.31. The molecule has 0 radical (unpaired) electrons. The van der Waals surface area contributed by atoms with Crippen LogP contribution in [-0.2, 0) is 9.59 Å². The fourth-order valence-corrected chi connectivity index (χ4v) is 1.96. The van der Waals surface area contributed by atoms with Gasteiger partial charge in [-0.1, -0.05) is 20.8 Å². The molecule has 0 bridgehead atoms. The Hall–Kier alpha value is -1.06.